The predicted molar refractivity (Wildman–Crippen MR) is 94.3 cm³/mol. The molecule has 27 heavy (non-hydrogen) atoms. The van der Waals surface area contributed by atoms with E-state index in [4.69, 9.17) is 14.6 Å². The molecule has 9 nitrogen and oxygen atoms in total. The number of piperazine rings is 1. The Hall–Kier alpha value is -2.33. The highest BCUT2D eigenvalue weighted by Gasteiger charge is 2.31. The van der Waals surface area contributed by atoms with E-state index in [1.807, 2.05) is 0 Å². The molecule has 0 atom stereocenters. The van der Waals surface area contributed by atoms with Crippen LogP contribution < -0.4 is 9.47 Å². The molecular weight excluding hydrogens is 376 g/mol. The molecule has 0 saturated carbocycles. The Kier molecular flexibility index (Phi) is 5.85. The molecular formula is C17H22N2O7S. The van der Waals surface area contributed by atoms with Crippen LogP contribution in [-0.2, 0) is 19.6 Å². The summed E-state index contributed by atoms with van der Waals surface area (Å²) < 4.78 is 37.9. The summed E-state index contributed by atoms with van der Waals surface area (Å²) in [6, 6.07) is 4.54. The van der Waals surface area contributed by atoms with E-state index in [0.717, 1.165) is 0 Å². The first kappa shape index (κ1) is 19.4. The van der Waals surface area contributed by atoms with E-state index in [0.29, 0.717) is 24.7 Å². The Balaban J connectivity index is 1.60. The van der Waals surface area contributed by atoms with Crippen molar-refractivity contribution in [3.05, 3.63) is 18.2 Å². The Bertz CT molecular complexity index is 817. The quantitative estimate of drug-likeness (QED) is 0.744. The van der Waals surface area contributed by atoms with Gasteiger partial charge in [-0.15, -0.1) is 0 Å². The molecule has 148 valence electrons. The highest BCUT2D eigenvalue weighted by molar-refractivity contribution is 7.89. The molecule has 0 radical (unpaired) electrons. The Morgan fingerprint density at radius 1 is 1.00 bits per heavy atom. The second kappa shape index (κ2) is 8.13. The average molecular weight is 398 g/mol. The highest BCUT2D eigenvalue weighted by Crippen LogP contribution is 2.33. The van der Waals surface area contributed by atoms with Crippen molar-refractivity contribution in [1.29, 1.82) is 0 Å². The van der Waals surface area contributed by atoms with Crippen LogP contribution in [0.2, 0.25) is 0 Å². The van der Waals surface area contributed by atoms with E-state index in [9.17, 15) is 18.0 Å². The summed E-state index contributed by atoms with van der Waals surface area (Å²) >= 11 is 0. The molecule has 2 aliphatic heterocycles. The van der Waals surface area contributed by atoms with Crippen LogP contribution in [0.3, 0.4) is 0 Å². The molecule has 1 N–H and O–H groups in total. The van der Waals surface area contributed by atoms with Crippen molar-refractivity contribution in [2.75, 3.05) is 39.4 Å². The van der Waals surface area contributed by atoms with Gasteiger partial charge in [0, 0.05) is 45.1 Å². The molecule has 1 fully saturated rings. The van der Waals surface area contributed by atoms with Crippen molar-refractivity contribution in [3.8, 4) is 11.5 Å². The number of carboxylic acid groups (broad SMARTS) is 1. The number of aliphatic carboxylic acids is 1. The van der Waals surface area contributed by atoms with Crippen molar-refractivity contribution in [2.24, 2.45) is 0 Å². The van der Waals surface area contributed by atoms with E-state index < -0.39 is 16.0 Å². The number of benzene rings is 1. The second-order valence-electron chi connectivity index (χ2n) is 6.34. The van der Waals surface area contributed by atoms with Gasteiger partial charge in [0.25, 0.3) is 0 Å². The molecule has 0 spiro atoms. The van der Waals surface area contributed by atoms with Crippen LogP contribution >= 0.6 is 0 Å². The SMILES string of the molecule is O=C(O)CCCC(=O)N1CCN(S(=O)(=O)c2ccc3c(c2)OCCO3)CC1. The van der Waals surface area contributed by atoms with Crippen molar-refractivity contribution >= 4 is 21.9 Å². The zero-order valence-corrected chi connectivity index (χ0v) is 15.6. The van der Waals surface area contributed by atoms with Crippen LogP contribution in [0.5, 0.6) is 11.5 Å². The molecule has 1 aromatic rings. The first-order valence-corrected chi connectivity index (χ1v) is 10.2. The van der Waals surface area contributed by atoms with Crippen molar-refractivity contribution in [1.82, 2.24) is 9.21 Å². The van der Waals surface area contributed by atoms with E-state index in [1.165, 1.54) is 16.4 Å². The summed E-state index contributed by atoms with van der Waals surface area (Å²) in [5, 5.41) is 8.63. The summed E-state index contributed by atoms with van der Waals surface area (Å²) in [5.74, 6) is -0.141. The van der Waals surface area contributed by atoms with Crippen LogP contribution in [0.4, 0.5) is 0 Å². The highest BCUT2D eigenvalue weighted by atomic mass is 32.2. The number of carbonyl (C=O) groups excluding carboxylic acids is 1. The lowest BCUT2D eigenvalue weighted by molar-refractivity contribution is -0.137. The zero-order valence-electron chi connectivity index (χ0n) is 14.8. The van der Waals surface area contributed by atoms with Gasteiger partial charge in [-0.2, -0.15) is 4.31 Å². The Labute approximate surface area is 157 Å². The molecule has 0 bridgehead atoms. The number of ether oxygens (including phenoxy) is 2. The first-order chi connectivity index (χ1) is 12.9. The topological polar surface area (TPSA) is 113 Å². The molecule has 2 heterocycles. The van der Waals surface area contributed by atoms with Gasteiger partial charge in [-0.25, -0.2) is 8.42 Å². The van der Waals surface area contributed by atoms with E-state index in [-0.39, 0.29) is 56.2 Å². The van der Waals surface area contributed by atoms with Crippen LogP contribution in [-0.4, -0.2) is 74.0 Å². The number of sulfonamides is 1. The molecule has 3 rings (SSSR count). The fourth-order valence-corrected chi connectivity index (χ4v) is 4.50. The average Bonchev–Trinajstić information content (AvgIpc) is 2.67. The van der Waals surface area contributed by atoms with Gasteiger partial charge in [-0.1, -0.05) is 0 Å². The van der Waals surface area contributed by atoms with Gasteiger partial charge < -0.3 is 19.5 Å². The summed E-state index contributed by atoms with van der Waals surface area (Å²) in [6.45, 7) is 1.77. The molecule has 0 aromatic heterocycles. The fourth-order valence-electron chi connectivity index (χ4n) is 3.06. The van der Waals surface area contributed by atoms with Crippen molar-refractivity contribution in [2.45, 2.75) is 24.2 Å². The molecule has 10 heteroatoms. The zero-order chi connectivity index (χ0) is 19.4. The lowest BCUT2D eigenvalue weighted by Crippen LogP contribution is -2.50. The lowest BCUT2D eigenvalue weighted by atomic mass is 10.2. The molecule has 2 aliphatic rings. The Morgan fingerprint density at radius 3 is 2.33 bits per heavy atom. The number of rotatable bonds is 6. The lowest BCUT2D eigenvalue weighted by Gasteiger charge is -2.34. The van der Waals surface area contributed by atoms with Crippen LogP contribution in [0.1, 0.15) is 19.3 Å². The number of hydrogen-bond acceptors (Lipinski definition) is 6. The van der Waals surface area contributed by atoms with E-state index in [2.05, 4.69) is 0 Å². The normalized spacial score (nSPS) is 17.6. The number of hydrogen-bond donors (Lipinski definition) is 1. The van der Waals surface area contributed by atoms with Crippen LogP contribution in [0.15, 0.2) is 23.1 Å². The van der Waals surface area contributed by atoms with Gasteiger partial charge in [-0.3, -0.25) is 9.59 Å². The minimum atomic E-state index is -3.69. The third-order valence-electron chi connectivity index (χ3n) is 4.52. The minimum absolute atomic E-state index is 0.0514. The van der Waals surface area contributed by atoms with Gasteiger partial charge >= 0.3 is 5.97 Å². The fraction of sp³-hybridized carbons (Fsp3) is 0.529. The number of carboxylic acids is 1. The van der Waals surface area contributed by atoms with E-state index >= 15 is 0 Å². The van der Waals surface area contributed by atoms with Gasteiger partial charge in [-0.05, 0) is 18.6 Å². The molecule has 0 aliphatic carbocycles. The third kappa shape index (κ3) is 4.51. The summed E-state index contributed by atoms with van der Waals surface area (Å²) in [5.41, 5.74) is 0. The van der Waals surface area contributed by atoms with Crippen LogP contribution in [0, 0.1) is 0 Å². The molecule has 1 aromatic carbocycles. The predicted octanol–water partition coefficient (Wildman–Crippen LogP) is 0.546. The van der Waals surface area contributed by atoms with Crippen molar-refractivity contribution < 1.29 is 32.6 Å². The van der Waals surface area contributed by atoms with Gasteiger partial charge in [0.2, 0.25) is 15.9 Å². The van der Waals surface area contributed by atoms with Gasteiger partial charge in [0.05, 0.1) is 4.90 Å². The molecule has 0 unspecified atom stereocenters. The maximum Gasteiger partial charge on any atom is 0.303 e. The largest absolute Gasteiger partial charge is 0.486 e. The van der Waals surface area contributed by atoms with E-state index in [1.54, 1.807) is 11.0 Å². The number of nitrogens with zero attached hydrogens (tertiary/aromatic N) is 2. The maximum atomic E-state index is 12.9. The summed E-state index contributed by atoms with van der Waals surface area (Å²) in [7, 11) is -3.69. The smallest absolute Gasteiger partial charge is 0.303 e. The number of amides is 1. The molecule has 1 amide bonds. The van der Waals surface area contributed by atoms with Gasteiger partial charge in [0.15, 0.2) is 11.5 Å². The minimum Gasteiger partial charge on any atom is -0.486 e. The third-order valence-corrected chi connectivity index (χ3v) is 6.42. The molecule has 1 saturated heterocycles. The maximum absolute atomic E-state index is 12.9. The summed E-state index contributed by atoms with van der Waals surface area (Å²) in [6.07, 6.45) is 0.384. The first-order valence-electron chi connectivity index (χ1n) is 8.77. The van der Waals surface area contributed by atoms with Crippen LogP contribution in [0.25, 0.3) is 0 Å². The monoisotopic (exact) mass is 398 g/mol. The second-order valence-corrected chi connectivity index (χ2v) is 8.28. The van der Waals surface area contributed by atoms with Gasteiger partial charge in [0.1, 0.15) is 13.2 Å². The number of carbonyl (C=O) groups is 2. The van der Waals surface area contributed by atoms with Crippen molar-refractivity contribution in [3.63, 3.8) is 0 Å². The standard InChI is InChI=1S/C17H22N2O7S/c20-16(2-1-3-17(21)22)18-6-8-19(9-7-18)27(23,24)13-4-5-14-15(12-13)26-11-10-25-14/h4-5,12H,1-3,6-11H2,(H,21,22). The number of fused-ring (bicyclic) bond motifs is 1. The summed E-state index contributed by atoms with van der Waals surface area (Å²) in [4.78, 5) is 24.3. The Morgan fingerprint density at radius 2 is 1.67 bits per heavy atom.